The van der Waals surface area contributed by atoms with Crippen LogP contribution in [0.5, 0.6) is 0 Å². The molecule has 1 fully saturated rings. The monoisotopic (exact) mass is 321 g/mol. The number of aromatic nitrogens is 1. The quantitative estimate of drug-likeness (QED) is 0.627. The third-order valence-corrected chi connectivity index (χ3v) is 4.42. The predicted molar refractivity (Wildman–Crippen MR) is 96.8 cm³/mol. The minimum absolute atomic E-state index is 0.00630. The van der Waals surface area contributed by atoms with Gasteiger partial charge in [0.25, 0.3) is 0 Å². The van der Waals surface area contributed by atoms with E-state index in [2.05, 4.69) is 40.0 Å². The first kappa shape index (κ1) is 16.6. The molecule has 0 saturated carbocycles. The summed E-state index contributed by atoms with van der Waals surface area (Å²) in [5.41, 5.74) is 3.04. The minimum atomic E-state index is 0.00630. The van der Waals surface area contributed by atoms with Crippen molar-refractivity contribution in [2.75, 3.05) is 33.2 Å². The van der Waals surface area contributed by atoms with Crippen LogP contribution in [0.3, 0.4) is 0 Å². The van der Waals surface area contributed by atoms with Crippen LogP contribution in [0.4, 0.5) is 0 Å². The predicted octanol–water partition coefficient (Wildman–Crippen LogP) is 2.73. The molecule has 0 radical (unpaired) electrons. The first-order valence-corrected chi connectivity index (χ1v) is 8.33. The number of piperazine rings is 1. The first-order chi connectivity index (χ1) is 11.7. The van der Waals surface area contributed by atoms with Gasteiger partial charge in [-0.1, -0.05) is 30.3 Å². The van der Waals surface area contributed by atoms with E-state index in [4.69, 9.17) is 0 Å². The molecule has 0 bridgehead atoms. The Morgan fingerprint density at radius 1 is 1.08 bits per heavy atom. The topological polar surface area (TPSA) is 36.4 Å². The van der Waals surface area contributed by atoms with Gasteiger partial charge in [0.1, 0.15) is 0 Å². The zero-order valence-electron chi connectivity index (χ0n) is 14.1. The minimum Gasteiger partial charge on any atom is -0.304 e. The fraction of sp³-hybridized carbons (Fsp3) is 0.300. The Hall–Kier alpha value is -2.30. The maximum atomic E-state index is 12.2. The van der Waals surface area contributed by atoms with Gasteiger partial charge in [0.05, 0.1) is 0 Å². The van der Waals surface area contributed by atoms with Crippen LogP contribution in [-0.2, 0) is 6.54 Å². The first-order valence-electron chi connectivity index (χ1n) is 8.33. The number of hydrogen-bond acceptors (Lipinski definition) is 4. The molecule has 24 heavy (non-hydrogen) atoms. The van der Waals surface area contributed by atoms with Gasteiger partial charge < -0.3 is 4.90 Å². The highest BCUT2D eigenvalue weighted by Crippen LogP contribution is 2.15. The molecular formula is C20H23N3O. The van der Waals surface area contributed by atoms with E-state index in [1.54, 1.807) is 30.6 Å². The van der Waals surface area contributed by atoms with Gasteiger partial charge in [-0.3, -0.25) is 14.7 Å². The largest absolute Gasteiger partial charge is 0.304 e. The molecule has 0 aliphatic carbocycles. The molecule has 1 aliphatic rings. The molecule has 1 aromatic heterocycles. The summed E-state index contributed by atoms with van der Waals surface area (Å²) in [6.07, 6.45) is 6.86. The molecule has 4 nitrogen and oxygen atoms in total. The van der Waals surface area contributed by atoms with Crippen LogP contribution >= 0.6 is 0 Å². The molecule has 3 rings (SSSR count). The van der Waals surface area contributed by atoms with Gasteiger partial charge in [-0.2, -0.15) is 0 Å². The van der Waals surface area contributed by atoms with Gasteiger partial charge in [0.15, 0.2) is 5.78 Å². The average molecular weight is 321 g/mol. The number of carbonyl (C=O) groups excluding carboxylic acids is 1. The van der Waals surface area contributed by atoms with Crippen molar-refractivity contribution >= 4 is 11.9 Å². The Morgan fingerprint density at radius 3 is 2.54 bits per heavy atom. The van der Waals surface area contributed by atoms with E-state index in [1.165, 1.54) is 5.56 Å². The van der Waals surface area contributed by atoms with Crippen LogP contribution in [0.15, 0.2) is 54.9 Å². The highest BCUT2D eigenvalue weighted by atomic mass is 16.1. The summed E-state index contributed by atoms with van der Waals surface area (Å²) in [7, 11) is 2.17. The molecule has 0 atom stereocenters. The normalized spacial score (nSPS) is 16.5. The van der Waals surface area contributed by atoms with E-state index >= 15 is 0 Å². The molecule has 124 valence electrons. The number of allylic oxidation sites excluding steroid dienone is 1. The third kappa shape index (κ3) is 4.37. The van der Waals surface area contributed by atoms with Crippen molar-refractivity contribution in [3.63, 3.8) is 0 Å². The van der Waals surface area contributed by atoms with E-state index in [9.17, 15) is 4.79 Å². The van der Waals surface area contributed by atoms with Gasteiger partial charge in [0, 0.05) is 50.7 Å². The molecule has 1 aromatic carbocycles. The van der Waals surface area contributed by atoms with E-state index in [-0.39, 0.29) is 5.78 Å². The van der Waals surface area contributed by atoms with Crippen LogP contribution in [0.1, 0.15) is 21.5 Å². The van der Waals surface area contributed by atoms with Gasteiger partial charge in [-0.15, -0.1) is 0 Å². The Balaban J connectivity index is 1.70. The summed E-state index contributed by atoms with van der Waals surface area (Å²) in [4.78, 5) is 21.0. The van der Waals surface area contributed by atoms with E-state index in [1.807, 2.05) is 12.1 Å². The second-order valence-corrected chi connectivity index (χ2v) is 6.21. The fourth-order valence-corrected chi connectivity index (χ4v) is 2.87. The Kier molecular flexibility index (Phi) is 5.51. The number of rotatable bonds is 5. The number of benzene rings is 1. The summed E-state index contributed by atoms with van der Waals surface area (Å²) >= 11 is 0. The average Bonchev–Trinajstić information content (AvgIpc) is 2.63. The SMILES string of the molecule is CN1CCN(Cc2ccccc2C=CC(=O)c2ccncc2)CC1. The zero-order valence-corrected chi connectivity index (χ0v) is 14.1. The van der Waals surface area contributed by atoms with Crippen molar-refractivity contribution in [1.82, 2.24) is 14.8 Å². The van der Waals surface area contributed by atoms with Crippen molar-refractivity contribution < 1.29 is 4.79 Å². The molecule has 0 spiro atoms. The molecule has 1 aliphatic heterocycles. The third-order valence-electron chi connectivity index (χ3n) is 4.42. The standard InChI is InChI=1S/C20H23N3O/c1-22-12-14-23(15-13-22)16-19-5-3-2-4-17(19)6-7-20(24)18-8-10-21-11-9-18/h2-11H,12-16H2,1H3. The van der Waals surface area contributed by atoms with E-state index in [0.29, 0.717) is 5.56 Å². The summed E-state index contributed by atoms with van der Waals surface area (Å²) in [5, 5.41) is 0. The summed E-state index contributed by atoms with van der Waals surface area (Å²) in [6.45, 7) is 5.32. The lowest BCUT2D eigenvalue weighted by atomic mass is 10.0. The van der Waals surface area contributed by atoms with Crippen molar-refractivity contribution in [2.45, 2.75) is 6.54 Å². The van der Waals surface area contributed by atoms with Gasteiger partial charge >= 0.3 is 0 Å². The molecule has 0 amide bonds. The van der Waals surface area contributed by atoms with Gasteiger partial charge in [-0.25, -0.2) is 0 Å². The fourth-order valence-electron chi connectivity index (χ4n) is 2.87. The number of ketones is 1. The lowest BCUT2D eigenvalue weighted by Gasteiger charge is -2.32. The molecular weight excluding hydrogens is 298 g/mol. The highest BCUT2D eigenvalue weighted by Gasteiger charge is 2.14. The number of nitrogens with zero attached hydrogens (tertiary/aromatic N) is 3. The molecule has 0 unspecified atom stereocenters. The second kappa shape index (κ2) is 7.99. The van der Waals surface area contributed by atoms with Crippen LogP contribution < -0.4 is 0 Å². The lowest BCUT2D eigenvalue weighted by Crippen LogP contribution is -2.43. The number of carbonyl (C=O) groups is 1. The maximum absolute atomic E-state index is 12.2. The Bertz CT molecular complexity index is 704. The number of pyridine rings is 1. The molecule has 2 heterocycles. The second-order valence-electron chi connectivity index (χ2n) is 6.21. The van der Waals surface area contributed by atoms with Crippen LogP contribution in [0.25, 0.3) is 6.08 Å². The summed E-state index contributed by atoms with van der Waals surface area (Å²) < 4.78 is 0. The molecule has 4 heteroatoms. The van der Waals surface area contributed by atoms with Crippen molar-refractivity contribution in [3.8, 4) is 0 Å². The van der Waals surface area contributed by atoms with Gasteiger partial charge in [-0.05, 0) is 36.4 Å². The summed E-state index contributed by atoms with van der Waals surface area (Å²) in [6, 6.07) is 11.8. The summed E-state index contributed by atoms with van der Waals surface area (Å²) in [5.74, 6) is 0.00630. The van der Waals surface area contributed by atoms with Gasteiger partial charge in [0.2, 0.25) is 0 Å². The Labute approximate surface area is 143 Å². The molecule has 2 aromatic rings. The smallest absolute Gasteiger partial charge is 0.185 e. The van der Waals surface area contributed by atoms with E-state index < -0.39 is 0 Å². The zero-order chi connectivity index (χ0) is 16.8. The number of hydrogen-bond donors (Lipinski definition) is 0. The van der Waals surface area contributed by atoms with Crippen LogP contribution in [-0.4, -0.2) is 53.8 Å². The number of likely N-dealkylation sites (N-methyl/N-ethyl adjacent to an activating group) is 1. The van der Waals surface area contributed by atoms with Crippen molar-refractivity contribution in [2.24, 2.45) is 0 Å². The molecule has 1 saturated heterocycles. The Morgan fingerprint density at radius 2 is 1.79 bits per heavy atom. The maximum Gasteiger partial charge on any atom is 0.185 e. The van der Waals surface area contributed by atoms with Crippen molar-refractivity contribution in [1.29, 1.82) is 0 Å². The highest BCUT2D eigenvalue weighted by molar-refractivity contribution is 6.06. The van der Waals surface area contributed by atoms with Crippen LogP contribution in [0, 0.1) is 0 Å². The lowest BCUT2D eigenvalue weighted by molar-refractivity contribution is 0.104. The molecule has 0 N–H and O–H groups in total. The van der Waals surface area contributed by atoms with Crippen LogP contribution in [0.2, 0.25) is 0 Å². The van der Waals surface area contributed by atoms with Crippen molar-refractivity contribution in [3.05, 3.63) is 71.6 Å². The van der Waals surface area contributed by atoms with E-state index in [0.717, 1.165) is 38.3 Å².